The number of ether oxygens (including phenoxy) is 1. The number of halogens is 3. The van der Waals surface area contributed by atoms with Gasteiger partial charge in [0.05, 0.1) is 6.04 Å². The minimum absolute atomic E-state index is 0.0195. The fourth-order valence-electron chi connectivity index (χ4n) is 5.57. The first kappa shape index (κ1) is 34.5. The third-order valence-electron chi connectivity index (χ3n) is 8.14. The molecular weight excluding hydrogens is 646 g/mol. The van der Waals surface area contributed by atoms with Crippen LogP contribution in [0.5, 0.6) is 0 Å². The van der Waals surface area contributed by atoms with E-state index in [-0.39, 0.29) is 35.2 Å². The summed E-state index contributed by atoms with van der Waals surface area (Å²) in [6, 6.07) is 16.9. The third-order valence-corrected chi connectivity index (χ3v) is 8.38. The fourth-order valence-corrected chi connectivity index (χ4v) is 5.76. The number of carbonyl (C=O) groups is 4. The van der Waals surface area contributed by atoms with Crippen LogP contribution in [0.2, 0.25) is 5.02 Å². The predicted molar refractivity (Wildman–Crippen MR) is 173 cm³/mol. The van der Waals surface area contributed by atoms with Crippen LogP contribution in [0.1, 0.15) is 66.9 Å². The number of para-hydroxylation sites is 2. The van der Waals surface area contributed by atoms with Gasteiger partial charge in [0.2, 0.25) is 17.6 Å². The van der Waals surface area contributed by atoms with E-state index < -0.39 is 53.4 Å². The average molecular weight is 681 g/mol. The van der Waals surface area contributed by atoms with Crippen molar-refractivity contribution in [2.75, 3.05) is 6.54 Å². The Morgan fingerprint density at radius 3 is 2.48 bits per heavy atom. The number of hydrogen-bond donors (Lipinski definition) is 3. The number of alkyl halides is 2. The van der Waals surface area contributed by atoms with Gasteiger partial charge in [0.1, 0.15) is 11.6 Å². The van der Waals surface area contributed by atoms with Crippen molar-refractivity contribution < 1.29 is 37.1 Å². The molecule has 10 nitrogen and oxygen atoms in total. The lowest BCUT2D eigenvalue weighted by atomic mass is 9.95. The number of nitrogens with one attached hydrogen (secondary N) is 3. The molecule has 0 saturated carbocycles. The molecule has 13 heteroatoms. The minimum Gasteiger partial charge on any atom is -0.434 e. The van der Waals surface area contributed by atoms with E-state index in [0.29, 0.717) is 36.9 Å². The molecule has 1 aromatic heterocycles. The SMILES string of the molecule is CCCC[C@H](NC(=O)OC(c1ccccc1)C(F)(F)c1cccc(Cl)c1)C(=O)N[C@@H](C[C@@H]1CCNC1=O)C(=O)c1nc2ccccc2o1. The van der Waals surface area contributed by atoms with Gasteiger partial charge in [-0.05, 0) is 49.1 Å². The van der Waals surface area contributed by atoms with Gasteiger partial charge in [0, 0.05) is 23.0 Å². The number of rotatable bonds is 14. The van der Waals surface area contributed by atoms with Crippen molar-refractivity contribution in [1.82, 2.24) is 20.9 Å². The minimum atomic E-state index is -3.70. The highest BCUT2D eigenvalue weighted by atomic mass is 35.5. The van der Waals surface area contributed by atoms with Crippen LogP contribution in [-0.4, -0.2) is 47.3 Å². The number of carbonyl (C=O) groups excluding carboxylic acids is 4. The maximum absolute atomic E-state index is 15.9. The third kappa shape index (κ3) is 8.17. The normalized spacial score (nSPS) is 16.5. The zero-order chi connectivity index (χ0) is 34.3. The van der Waals surface area contributed by atoms with E-state index in [1.54, 1.807) is 30.3 Å². The van der Waals surface area contributed by atoms with Crippen LogP contribution >= 0.6 is 11.6 Å². The van der Waals surface area contributed by atoms with Crippen molar-refractivity contribution in [2.24, 2.45) is 5.92 Å². The Bertz CT molecular complexity index is 1740. The van der Waals surface area contributed by atoms with Gasteiger partial charge < -0.3 is 25.1 Å². The number of unbranched alkanes of at least 4 members (excludes halogenated alkanes) is 1. The lowest BCUT2D eigenvalue weighted by Crippen LogP contribution is -2.52. The Balaban J connectivity index is 1.37. The zero-order valence-corrected chi connectivity index (χ0v) is 26.8. The molecule has 1 saturated heterocycles. The summed E-state index contributed by atoms with van der Waals surface area (Å²) < 4.78 is 42.9. The summed E-state index contributed by atoms with van der Waals surface area (Å²) in [5.41, 5.74) is 0.370. The maximum Gasteiger partial charge on any atom is 0.408 e. The van der Waals surface area contributed by atoms with E-state index in [4.69, 9.17) is 20.8 Å². The molecule has 3 N–H and O–H groups in total. The molecule has 2 heterocycles. The summed E-state index contributed by atoms with van der Waals surface area (Å²) in [6.07, 6.45) is -1.67. The first-order valence-corrected chi connectivity index (χ1v) is 16.1. The van der Waals surface area contributed by atoms with E-state index in [2.05, 4.69) is 20.9 Å². The van der Waals surface area contributed by atoms with Crippen molar-refractivity contribution in [3.05, 3.63) is 101 Å². The van der Waals surface area contributed by atoms with E-state index in [1.807, 2.05) is 6.92 Å². The van der Waals surface area contributed by atoms with Crippen LogP contribution in [0.25, 0.3) is 11.1 Å². The second-order valence-electron chi connectivity index (χ2n) is 11.6. The second-order valence-corrected chi connectivity index (χ2v) is 12.0. The van der Waals surface area contributed by atoms with Crippen molar-refractivity contribution in [2.45, 2.75) is 63.1 Å². The van der Waals surface area contributed by atoms with Crippen LogP contribution in [-0.2, 0) is 20.2 Å². The van der Waals surface area contributed by atoms with E-state index >= 15 is 8.78 Å². The van der Waals surface area contributed by atoms with Gasteiger partial charge in [0.15, 0.2) is 11.7 Å². The van der Waals surface area contributed by atoms with Crippen LogP contribution in [0.4, 0.5) is 13.6 Å². The first-order chi connectivity index (χ1) is 23.1. The number of benzene rings is 3. The van der Waals surface area contributed by atoms with E-state index in [9.17, 15) is 19.2 Å². The largest absolute Gasteiger partial charge is 0.434 e. The standard InChI is InChI=1S/C35H35ClF2N4O6/c1-2-3-14-26(42-34(46)48-30(21-10-5-4-6-11-21)35(37,38)23-12-9-13-24(36)20-23)32(45)40-27(19-22-17-18-39-31(22)44)29(43)33-41-25-15-7-8-16-28(25)47-33/h4-13,15-16,20,22,26-27,30H,2-3,14,17-19H2,1H3,(H,39,44)(H,40,45)(H,42,46)/t22-,26-,27-,30?/m0/s1. The van der Waals surface area contributed by atoms with Gasteiger partial charge in [-0.2, -0.15) is 8.78 Å². The lowest BCUT2D eigenvalue weighted by Gasteiger charge is -2.29. The topological polar surface area (TPSA) is 140 Å². The molecule has 0 aliphatic carbocycles. The molecule has 1 aliphatic rings. The Morgan fingerprint density at radius 1 is 1.04 bits per heavy atom. The molecule has 3 aromatic carbocycles. The number of Topliss-reactive ketones (excluding diaryl/α,β-unsaturated/α-hetero) is 1. The van der Waals surface area contributed by atoms with Gasteiger partial charge in [0.25, 0.3) is 5.89 Å². The van der Waals surface area contributed by atoms with Crippen molar-refractivity contribution in [3.8, 4) is 0 Å². The van der Waals surface area contributed by atoms with Gasteiger partial charge in [-0.1, -0.05) is 86.0 Å². The van der Waals surface area contributed by atoms with Crippen molar-refractivity contribution >= 4 is 46.4 Å². The molecule has 4 atom stereocenters. The summed E-state index contributed by atoms with van der Waals surface area (Å²) in [4.78, 5) is 57.4. The molecular formula is C35H35ClF2N4O6. The van der Waals surface area contributed by atoms with Gasteiger partial charge in [-0.15, -0.1) is 0 Å². The van der Waals surface area contributed by atoms with Crippen LogP contribution < -0.4 is 16.0 Å². The Kier molecular flexibility index (Phi) is 11.0. The number of alkyl carbamates (subject to hydrolysis) is 1. The Labute approximate surface area is 280 Å². The van der Waals surface area contributed by atoms with Gasteiger partial charge in [-0.25, -0.2) is 9.78 Å². The molecule has 5 rings (SSSR count). The molecule has 1 aliphatic heterocycles. The summed E-state index contributed by atoms with van der Waals surface area (Å²) in [6.45, 7) is 2.30. The zero-order valence-electron chi connectivity index (χ0n) is 26.1. The monoisotopic (exact) mass is 680 g/mol. The molecule has 0 radical (unpaired) electrons. The molecule has 0 spiro atoms. The molecule has 252 valence electrons. The maximum atomic E-state index is 15.9. The average Bonchev–Trinajstić information content (AvgIpc) is 3.70. The van der Waals surface area contributed by atoms with Crippen LogP contribution in [0, 0.1) is 5.92 Å². The Morgan fingerprint density at radius 2 is 1.79 bits per heavy atom. The molecule has 1 fully saturated rings. The summed E-state index contributed by atoms with van der Waals surface area (Å²) >= 11 is 5.99. The smallest absolute Gasteiger partial charge is 0.408 e. The van der Waals surface area contributed by atoms with Crippen molar-refractivity contribution in [1.29, 1.82) is 0 Å². The van der Waals surface area contributed by atoms with Crippen LogP contribution in [0.3, 0.4) is 0 Å². The second kappa shape index (κ2) is 15.4. The van der Waals surface area contributed by atoms with E-state index in [1.165, 1.54) is 42.5 Å². The number of nitrogens with zero attached hydrogens (tertiary/aromatic N) is 1. The Hall–Kier alpha value is -4.84. The summed E-state index contributed by atoms with van der Waals surface area (Å²) in [5, 5.41) is 7.90. The number of oxazole rings is 1. The lowest BCUT2D eigenvalue weighted by molar-refractivity contribution is -0.127. The molecule has 4 aromatic rings. The number of fused-ring (bicyclic) bond motifs is 1. The van der Waals surface area contributed by atoms with Crippen molar-refractivity contribution in [3.63, 3.8) is 0 Å². The molecule has 0 bridgehead atoms. The molecule has 1 unspecified atom stereocenters. The van der Waals surface area contributed by atoms with E-state index in [0.717, 1.165) is 6.07 Å². The number of aromatic nitrogens is 1. The first-order valence-electron chi connectivity index (χ1n) is 15.7. The highest BCUT2D eigenvalue weighted by Crippen LogP contribution is 2.43. The number of hydrogen-bond acceptors (Lipinski definition) is 7. The quantitative estimate of drug-likeness (QED) is 0.129. The van der Waals surface area contributed by atoms with Gasteiger partial charge >= 0.3 is 12.0 Å². The highest BCUT2D eigenvalue weighted by molar-refractivity contribution is 6.30. The number of ketones is 1. The van der Waals surface area contributed by atoms with Gasteiger partial charge in [-0.3, -0.25) is 14.4 Å². The summed E-state index contributed by atoms with van der Waals surface area (Å²) in [5.74, 6) is -6.17. The number of amides is 3. The molecule has 3 amide bonds. The fraction of sp³-hybridized carbons (Fsp3) is 0.343. The van der Waals surface area contributed by atoms with Crippen LogP contribution in [0.15, 0.2) is 83.3 Å². The summed E-state index contributed by atoms with van der Waals surface area (Å²) in [7, 11) is 0. The molecule has 48 heavy (non-hydrogen) atoms. The highest BCUT2D eigenvalue weighted by Gasteiger charge is 2.46. The predicted octanol–water partition coefficient (Wildman–Crippen LogP) is 6.49.